The average Bonchev–Trinajstić information content (AvgIpc) is 3.18. The van der Waals surface area contributed by atoms with Crippen molar-refractivity contribution in [2.45, 2.75) is 25.7 Å². The Balaban J connectivity index is 1.21. The number of carboxylic acids is 1. The molecule has 3 aromatic carbocycles. The van der Waals surface area contributed by atoms with E-state index >= 15 is 0 Å². The highest BCUT2D eigenvalue weighted by atomic mass is 19.1. The van der Waals surface area contributed by atoms with E-state index < -0.39 is 5.97 Å². The Kier molecular flexibility index (Phi) is 5.53. The van der Waals surface area contributed by atoms with Gasteiger partial charge >= 0.3 is 5.97 Å². The number of hydrogen-bond donors (Lipinski definition) is 1. The van der Waals surface area contributed by atoms with Crippen LogP contribution >= 0.6 is 0 Å². The van der Waals surface area contributed by atoms with E-state index in [0.29, 0.717) is 38.2 Å². The molecule has 2 aliphatic heterocycles. The van der Waals surface area contributed by atoms with Gasteiger partial charge in [-0.3, -0.25) is 9.69 Å². The van der Waals surface area contributed by atoms with Crippen LogP contribution in [-0.2, 0) is 24.4 Å². The fourth-order valence-electron chi connectivity index (χ4n) is 4.29. The number of aliphatic carboxylic acids is 1. The number of para-hydroxylation sites is 1. The molecule has 0 bridgehead atoms. The van der Waals surface area contributed by atoms with Gasteiger partial charge in [-0.25, -0.2) is 4.39 Å². The molecule has 2 heterocycles. The summed E-state index contributed by atoms with van der Waals surface area (Å²) in [7, 11) is 0. The lowest BCUT2D eigenvalue weighted by Crippen LogP contribution is -2.49. The SMILES string of the molecule is O=C(O)C1CN(Cc2ccc(C3Cc4cc(COc5ccccc5)ccc4O3)c(F)c2)C1. The highest BCUT2D eigenvalue weighted by molar-refractivity contribution is 5.71. The summed E-state index contributed by atoms with van der Waals surface area (Å²) in [5.74, 6) is 0.231. The van der Waals surface area contributed by atoms with Gasteiger partial charge in [-0.15, -0.1) is 0 Å². The van der Waals surface area contributed by atoms with Gasteiger partial charge in [0.25, 0.3) is 0 Å². The largest absolute Gasteiger partial charge is 0.489 e. The Labute approximate surface area is 186 Å². The second-order valence-electron chi connectivity index (χ2n) is 8.44. The van der Waals surface area contributed by atoms with Gasteiger partial charge in [0.15, 0.2) is 0 Å². The van der Waals surface area contributed by atoms with Gasteiger partial charge in [-0.05, 0) is 47.0 Å². The molecular weight excluding hydrogens is 409 g/mol. The van der Waals surface area contributed by atoms with Crippen LogP contribution in [0.15, 0.2) is 66.7 Å². The van der Waals surface area contributed by atoms with Crippen LogP contribution in [0.5, 0.6) is 11.5 Å². The molecule has 3 aromatic rings. The van der Waals surface area contributed by atoms with Crippen LogP contribution in [0, 0.1) is 11.7 Å². The van der Waals surface area contributed by atoms with Crippen LogP contribution in [0.3, 0.4) is 0 Å². The fraction of sp³-hybridized carbons (Fsp3) is 0.269. The van der Waals surface area contributed by atoms with Crippen molar-refractivity contribution in [2.75, 3.05) is 13.1 Å². The van der Waals surface area contributed by atoms with E-state index in [0.717, 1.165) is 28.2 Å². The number of carboxylic acid groups (broad SMARTS) is 1. The van der Waals surface area contributed by atoms with Crippen LogP contribution in [-0.4, -0.2) is 29.1 Å². The third-order valence-corrected chi connectivity index (χ3v) is 6.07. The lowest BCUT2D eigenvalue weighted by Gasteiger charge is -2.36. The van der Waals surface area contributed by atoms with E-state index in [-0.39, 0.29) is 17.8 Å². The molecule has 32 heavy (non-hydrogen) atoms. The zero-order valence-corrected chi connectivity index (χ0v) is 17.5. The van der Waals surface area contributed by atoms with Gasteiger partial charge in [0.2, 0.25) is 0 Å². The first-order valence-electron chi connectivity index (χ1n) is 10.7. The molecule has 1 N–H and O–H groups in total. The fourth-order valence-corrected chi connectivity index (χ4v) is 4.29. The Hall–Kier alpha value is -3.38. The second kappa shape index (κ2) is 8.63. The summed E-state index contributed by atoms with van der Waals surface area (Å²) in [6, 6.07) is 20.9. The molecule has 0 aromatic heterocycles. The Morgan fingerprint density at radius 1 is 1.06 bits per heavy atom. The van der Waals surface area contributed by atoms with Crippen LogP contribution in [0.4, 0.5) is 4.39 Å². The van der Waals surface area contributed by atoms with Crippen LogP contribution in [0.1, 0.15) is 28.4 Å². The number of rotatable bonds is 7. The van der Waals surface area contributed by atoms with Crippen molar-refractivity contribution in [3.63, 3.8) is 0 Å². The van der Waals surface area contributed by atoms with Crippen molar-refractivity contribution < 1.29 is 23.8 Å². The minimum Gasteiger partial charge on any atom is -0.489 e. The number of ether oxygens (including phenoxy) is 2. The molecule has 2 aliphatic rings. The third kappa shape index (κ3) is 4.32. The summed E-state index contributed by atoms with van der Waals surface area (Å²) in [5.41, 5.74) is 3.47. The molecule has 0 amide bonds. The van der Waals surface area contributed by atoms with Crippen molar-refractivity contribution >= 4 is 5.97 Å². The Morgan fingerprint density at radius 2 is 1.84 bits per heavy atom. The maximum absolute atomic E-state index is 14.9. The number of hydrogen-bond acceptors (Lipinski definition) is 4. The molecule has 0 spiro atoms. The normalized spacial score (nSPS) is 18.0. The lowest BCUT2D eigenvalue weighted by atomic mass is 9.98. The molecule has 1 atom stereocenters. The quantitative estimate of drug-likeness (QED) is 0.590. The first kappa shape index (κ1) is 20.5. The summed E-state index contributed by atoms with van der Waals surface area (Å²) in [6.45, 7) is 2.04. The summed E-state index contributed by atoms with van der Waals surface area (Å²) in [4.78, 5) is 12.9. The molecule has 1 unspecified atom stereocenters. The van der Waals surface area contributed by atoms with E-state index in [1.807, 2.05) is 53.4 Å². The molecule has 1 fully saturated rings. The standard InChI is InChI=1S/C26H24FNO4/c27-23-11-17(13-28-14-20(15-28)26(29)30)6-8-22(23)25-12-19-10-18(7-9-24(19)32-25)16-31-21-4-2-1-3-5-21/h1-11,20,25H,12-16H2,(H,29,30). The van der Waals surface area contributed by atoms with E-state index in [9.17, 15) is 9.18 Å². The summed E-state index contributed by atoms with van der Waals surface area (Å²) in [5, 5.41) is 8.99. The van der Waals surface area contributed by atoms with Crippen molar-refractivity contribution in [1.29, 1.82) is 0 Å². The monoisotopic (exact) mass is 433 g/mol. The van der Waals surface area contributed by atoms with Crippen LogP contribution in [0.2, 0.25) is 0 Å². The predicted molar refractivity (Wildman–Crippen MR) is 117 cm³/mol. The van der Waals surface area contributed by atoms with Crippen molar-refractivity contribution in [3.05, 3.63) is 94.8 Å². The van der Waals surface area contributed by atoms with Crippen LogP contribution in [0.25, 0.3) is 0 Å². The summed E-state index contributed by atoms with van der Waals surface area (Å²) in [6.07, 6.45) is 0.252. The highest BCUT2D eigenvalue weighted by Crippen LogP contribution is 2.38. The predicted octanol–water partition coefficient (Wildman–Crippen LogP) is 4.60. The molecular formula is C26H24FNO4. The van der Waals surface area contributed by atoms with Crippen LogP contribution < -0.4 is 9.47 Å². The molecule has 5 rings (SSSR count). The molecule has 5 nitrogen and oxygen atoms in total. The molecule has 0 saturated carbocycles. The molecule has 1 saturated heterocycles. The number of carbonyl (C=O) groups is 1. The zero-order chi connectivity index (χ0) is 22.1. The van der Waals surface area contributed by atoms with Gasteiger partial charge in [0, 0.05) is 31.6 Å². The van der Waals surface area contributed by atoms with Gasteiger partial charge in [0.05, 0.1) is 5.92 Å². The second-order valence-corrected chi connectivity index (χ2v) is 8.44. The first-order valence-corrected chi connectivity index (χ1v) is 10.7. The number of nitrogens with zero attached hydrogens (tertiary/aromatic N) is 1. The Morgan fingerprint density at radius 3 is 2.59 bits per heavy atom. The van der Waals surface area contributed by atoms with Crippen molar-refractivity contribution in [2.24, 2.45) is 5.92 Å². The van der Waals surface area contributed by atoms with Crippen molar-refractivity contribution in [1.82, 2.24) is 4.90 Å². The van der Waals surface area contributed by atoms with E-state index in [1.54, 1.807) is 6.07 Å². The van der Waals surface area contributed by atoms with Crippen molar-refractivity contribution in [3.8, 4) is 11.5 Å². The maximum atomic E-state index is 14.9. The smallest absolute Gasteiger partial charge is 0.309 e. The van der Waals surface area contributed by atoms with Gasteiger partial charge in [-0.2, -0.15) is 0 Å². The maximum Gasteiger partial charge on any atom is 0.309 e. The van der Waals surface area contributed by atoms with E-state index in [4.69, 9.17) is 14.6 Å². The van der Waals surface area contributed by atoms with Gasteiger partial charge < -0.3 is 14.6 Å². The lowest BCUT2D eigenvalue weighted by molar-refractivity contribution is -0.147. The number of benzene rings is 3. The van der Waals surface area contributed by atoms with E-state index in [2.05, 4.69) is 6.07 Å². The summed E-state index contributed by atoms with van der Waals surface area (Å²) >= 11 is 0. The molecule has 0 aliphatic carbocycles. The first-order chi connectivity index (χ1) is 15.5. The Bertz CT molecular complexity index is 1130. The molecule has 164 valence electrons. The number of halogens is 1. The number of fused-ring (bicyclic) bond motifs is 1. The number of likely N-dealkylation sites (tertiary alicyclic amines) is 1. The van der Waals surface area contributed by atoms with Gasteiger partial charge in [-0.1, -0.05) is 36.4 Å². The summed E-state index contributed by atoms with van der Waals surface area (Å²) < 4.78 is 26.7. The molecule has 6 heteroatoms. The third-order valence-electron chi connectivity index (χ3n) is 6.07. The average molecular weight is 433 g/mol. The minimum atomic E-state index is -0.768. The van der Waals surface area contributed by atoms with Gasteiger partial charge in [0.1, 0.15) is 30.0 Å². The topological polar surface area (TPSA) is 59.0 Å². The zero-order valence-electron chi connectivity index (χ0n) is 17.5. The highest BCUT2D eigenvalue weighted by Gasteiger charge is 2.32. The van der Waals surface area contributed by atoms with E-state index in [1.165, 1.54) is 6.07 Å². The minimum absolute atomic E-state index is 0.289. The molecule has 0 radical (unpaired) electrons.